The van der Waals surface area contributed by atoms with Crippen molar-refractivity contribution in [1.82, 2.24) is 19.5 Å². The molecule has 3 rings (SSSR count). The first-order valence-corrected chi connectivity index (χ1v) is 6.20. The Morgan fingerprint density at radius 2 is 2.25 bits per heavy atom. The third-order valence-electron chi connectivity index (χ3n) is 3.46. The minimum atomic E-state index is -1.10. The number of aromatic amines is 1. The van der Waals surface area contributed by atoms with Crippen LogP contribution in [0.25, 0.3) is 11.2 Å². The predicted octanol–water partition coefficient (Wildman–Crippen LogP) is -2.43. The maximum absolute atomic E-state index is 11.5. The smallest absolute Gasteiger partial charge is 0.278 e. The molecule has 0 spiro atoms. The predicted molar refractivity (Wildman–Crippen MR) is 67.9 cm³/mol. The van der Waals surface area contributed by atoms with E-state index in [1.54, 1.807) is 4.57 Å². The molecule has 5 N–H and O–H groups in total. The summed E-state index contributed by atoms with van der Waals surface area (Å²) >= 11 is 0. The van der Waals surface area contributed by atoms with Crippen molar-refractivity contribution >= 4 is 11.2 Å². The van der Waals surface area contributed by atoms with Gasteiger partial charge in [0.2, 0.25) is 0 Å². The van der Waals surface area contributed by atoms with E-state index in [1.165, 1.54) is 12.7 Å². The summed E-state index contributed by atoms with van der Waals surface area (Å²) in [6.45, 7) is 0.376. The lowest BCUT2D eigenvalue weighted by Gasteiger charge is -2.36. The Morgan fingerprint density at radius 1 is 1.45 bits per heavy atom. The fraction of sp³-hybridized carbons (Fsp3) is 0.545. The summed E-state index contributed by atoms with van der Waals surface area (Å²) in [5.74, 6) is 0. The van der Waals surface area contributed by atoms with Crippen LogP contribution in [-0.4, -0.2) is 60.7 Å². The summed E-state index contributed by atoms with van der Waals surface area (Å²) in [4.78, 5) is 22.0. The highest BCUT2D eigenvalue weighted by molar-refractivity contribution is 5.68. The summed E-state index contributed by atoms with van der Waals surface area (Å²) in [7, 11) is 0. The van der Waals surface area contributed by atoms with Crippen molar-refractivity contribution < 1.29 is 14.9 Å². The molecule has 9 heteroatoms. The molecule has 0 saturated carbocycles. The zero-order valence-electron chi connectivity index (χ0n) is 10.5. The average Bonchev–Trinajstić information content (AvgIpc) is 2.84. The fourth-order valence-electron chi connectivity index (χ4n) is 2.29. The normalized spacial score (nSPS) is 30.8. The second-order valence-electron chi connectivity index (χ2n) is 4.82. The standard InChI is InChI=1S/C11H15N5O4/c12-5-2-20-6(9(18)8(5)17)1-16-4-15-7-10(16)13-3-14-11(7)19/h3-6,8-9,17-18H,1-2,12H2,(H,13,14,19)/t5-,6-,8+,9-/m1/s1. The molecule has 0 aromatic carbocycles. The molecule has 9 nitrogen and oxygen atoms in total. The van der Waals surface area contributed by atoms with E-state index in [0.29, 0.717) is 5.65 Å². The van der Waals surface area contributed by atoms with Gasteiger partial charge < -0.3 is 30.2 Å². The quantitative estimate of drug-likeness (QED) is 0.480. The number of fused-ring (bicyclic) bond motifs is 1. The number of nitrogens with zero attached hydrogens (tertiary/aromatic N) is 3. The van der Waals surface area contributed by atoms with Crippen LogP contribution in [0.4, 0.5) is 0 Å². The highest BCUT2D eigenvalue weighted by Crippen LogP contribution is 2.17. The van der Waals surface area contributed by atoms with E-state index in [0.717, 1.165) is 0 Å². The fourth-order valence-corrected chi connectivity index (χ4v) is 2.29. The molecule has 1 saturated heterocycles. The first-order chi connectivity index (χ1) is 9.58. The van der Waals surface area contributed by atoms with Crippen LogP contribution in [0.15, 0.2) is 17.4 Å². The lowest BCUT2D eigenvalue weighted by molar-refractivity contribution is -0.148. The number of aromatic nitrogens is 4. The molecule has 0 aliphatic carbocycles. The number of aliphatic hydroxyl groups is 2. The molecule has 2 aromatic rings. The van der Waals surface area contributed by atoms with Gasteiger partial charge in [0, 0.05) is 0 Å². The van der Waals surface area contributed by atoms with E-state index in [1.807, 2.05) is 0 Å². The summed E-state index contributed by atoms with van der Waals surface area (Å²) in [5.41, 5.74) is 5.89. The van der Waals surface area contributed by atoms with Crippen molar-refractivity contribution in [1.29, 1.82) is 0 Å². The van der Waals surface area contributed by atoms with Crippen molar-refractivity contribution in [3.8, 4) is 0 Å². The zero-order valence-corrected chi connectivity index (χ0v) is 10.5. The number of ether oxygens (including phenoxy) is 1. The van der Waals surface area contributed by atoms with Crippen molar-refractivity contribution in [3.63, 3.8) is 0 Å². The van der Waals surface area contributed by atoms with Gasteiger partial charge in [0.25, 0.3) is 5.56 Å². The van der Waals surface area contributed by atoms with Gasteiger partial charge in [-0.2, -0.15) is 0 Å². The first kappa shape index (κ1) is 13.2. The van der Waals surface area contributed by atoms with E-state index >= 15 is 0 Å². The molecule has 1 aliphatic rings. The van der Waals surface area contributed by atoms with Gasteiger partial charge >= 0.3 is 0 Å². The third kappa shape index (κ3) is 2.10. The number of aliphatic hydroxyl groups excluding tert-OH is 2. The largest absolute Gasteiger partial charge is 0.389 e. The van der Waals surface area contributed by atoms with Gasteiger partial charge in [-0.25, -0.2) is 9.97 Å². The van der Waals surface area contributed by atoms with Crippen LogP contribution in [0.2, 0.25) is 0 Å². The van der Waals surface area contributed by atoms with E-state index in [2.05, 4.69) is 15.0 Å². The summed E-state index contributed by atoms with van der Waals surface area (Å²) in [6.07, 6.45) is -0.0447. The molecule has 0 unspecified atom stereocenters. The van der Waals surface area contributed by atoms with Crippen molar-refractivity contribution in [2.75, 3.05) is 6.61 Å². The van der Waals surface area contributed by atoms with Crippen LogP contribution in [0, 0.1) is 0 Å². The Kier molecular flexibility index (Phi) is 3.26. The Bertz CT molecular complexity index is 668. The van der Waals surface area contributed by atoms with Crippen LogP contribution in [0.5, 0.6) is 0 Å². The van der Waals surface area contributed by atoms with Gasteiger partial charge in [-0.05, 0) is 0 Å². The second kappa shape index (κ2) is 4.94. The van der Waals surface area contributed by atoms with E-state index in [9.17, 15) is 15.0 Å². The number of hydrogen-bond donors (Lipinski definition) is 4. The molecule has 1 fully saturated rings. The number of H-pyrrole nitrogens is 1. The van der Waals surface area contributed by atoms with Crippen molar-refractivity contribution in [3.05, 3.63) is 23.0 Å². The van der Waals surface area contributed by atoms with Crippen LogP contribution in [0.1, 0.15) is 0 Å². The Labute approximate surface area is 113 Å². The van der Waals surface area contributed by atoms with Crippen LogP contribution in [0.3, 0.4) is 0 Å². The summed E-state index contributed by atoms with van der Waals surface area (Å²) < 4.78 is 7.03. The average molecular weight is 281 g/mol. The highest BCUT2D eigenvalue weighted by atomic mass is 16.5. The van der Waals surface area contributed by atoms with Crippen molar-refractivity contribution in [2.24, 2.45) is 5.73 Å². The number of imidazole rings is 1. The summed E-state index contributed by atoms with van der Waals surface area (Å²) in [5, 5.41) is 19.7. The number of nitrogens with one attached hydrogen (secondary N) is 1. The molecule has 20 heavy (non-hydrogen) atoms. The maximum Gasteiger partial charge on any atom is 0.278 e. The number of hydrogen-bond acceptors (Lipinski definition) is 7. The van der Waals surface area contributed by atoms with Crippen molar-refractivity contribution in [2.45, 2.75) is 30.9 Å². The molecule has 108 valence electrons. The Morgan fingerprint density at radius 3 is 3.05 bits per heavy atom. The molecule has 1 aliphatic heterocycles. The highest BCUT2D eigenvalue weighted by Gasteiger charge is 2.36. The van der Waals surface area contributed by atoms with Crippen LogP contribution < -0.4 is 11.3 Å². The molecule has 0 amide bonds. The SMILES string of the molecule is N[C@@H]1CO[C@H](Cn2cnc3c(=O)[nH]cnc32)[C@@H](O)[C@H]1O. The van der Waals surface area contributed by atoms with Gasteiger partial charge in [0.1, 0.15) is 12.2 Å². The van der Waals surface area contributed by atoms with Gasteiger partial charge in [-0.15, -0.1) is 0 Å². The maximum atomic E-state index is 11.5. The van der Waals surface area contributed by atoms with E-state index < -0.39 is 24.4 Å². The number of nitrogens with two attached hydrogens (primary N) is 1. The minimum Gasteiger partial charge on any atom is -0.389 e. The lowest BCUT2D eigenvalue weighted by atomic mass is 9.99. The van der Waals surface area contributed by atoms with E-state index in [-0.39, 0.29) is 24.2 Å². The topological polar surface area (TPSA) is 139 Å². The zero-order chi connectivity index (χ0) is 14.3. The number of rotatable bonds is 2. The van der Waals surface area contributed by atoms with Gasteiger partial charge in [0.05, 0.1) is 38.0 Å². The first-order valence-electron chi connectivity index (χ1n) is 6.20. The second-order valence-corrected chi connectivity index (χ2v) is 4.82. The van der Waals surface area contributed by atoms with Crippen LogP contribution in [-0.2, 0) is 11.3 Å². The minimum absolute atomic E-state index is 0.156. The molecule has 4 atom stereocenters. The monoisotopic (exact) mass is 281 g/mol. The molecule has 2 aromatic heterocycles. The Balaban J connectivity index is 1.87. The summed E-state index contributed by atoms with van der Waals surface area (Å²) in [6, 6.07) is -0.609. The van der Waals surface area contributed by atoms with E-state index in [4.69, 9.17) is 10.5 Å². The molecular weight excluding hydrogens is 266 g/mol. The lowest BCUT2D eigenvalue weighted by Crippen LogP contribution is -2.57. The molecule has 3 heterocycles. The third-order valence-corrected chi connectivity index (χ3v) is 3.46. The van der Waals surface area contributed by atoms with Gasteiger partial charge in [-0.3, -0.25) is 4.79 Å². The molecule has 0 bridgehead atoms. The van der Waals surface area contributed by atoms with Gasteiger partial charge in [0.15, 0.2) is 11.2 Å². The molecule has 0 radical (unpaired) electrons. The Hall–Kier alpha value is -1.81. The van der Waals surface area contributed by atoms with Gasteiger partial charge in [-0.1, -0.05) is 0 Å². The molecular formula is C11H15N5O4. The van der Waals surface area contributed by atoms with Crippen LogP contribution >= 0.6 is 0 Å².